The van der Waals surface area contributed by atoms with Crippen molar-refractivity contribution in [2.75, 3.05) is 30.9 Å². The number of rotatable bonds is 21. The normalized spacial score (nSPS) is 16.0. The van der Waals surface area contributed by atoms with Gasteiger partial charge in [-0.2, -0.15) is 0 Å². The van der Waals surface area contributed by atoms with Crippen molar-refractivity contribution < 1.29 is 41.8 Å². The van der Waals surface area contributed by atoms with Gasteiger partial charge in [0.05, 0.1) is 28.3 Å². The maximum atomic E-state index is 14.5. The maximum Gasteiger partial charge on any atom is 0.331 e. The fourth-order valence-corrected chi connectivity index (χ4v) is 9.49. The quantitative estimate of drug-likeness (QED) is 0.0607. The number of nitrogens with one attached hydrogen (secondary N) is 4. The highest BCUT2D eigenvalue weighted by Gasteiger charge is 2.42. The molecular weight excluding hydrogens is 855 g/mol. The van der Waals surface area contributed by atoms with Gasteiger partial charge in [0.15, 0.2) is 12.6 Å². The lowest BCUT2D eigenvalue weighted by Gasteiger charge is -2.37. The second-order valence-electron chi connectivity index (χ2n) is 18.2. The molecule has 3 atom stereocenters. The van der Waals surface area contributed by atoms with Crippen molar-refractivity contribution in [3.63, 3.8) is 0 Å². The summed E-state index contributed by atoms with van der Waals surface area (Å²) >= 11 is 1.35. The summed E-state index contributed by atoms with van der Waals surface area (Å²) in [5.74, 6) is -2.48. The Hall–Kier alpha value is -4.64. The predicted octanol–water partition coefficient (Wildman–Crippen LogP) is 7.73. The summed E-state index contributed by atoms with van der Waals surface area (Å²) in [6.07, 6.45) is 6.86. The molecule has 4 rings (SSSR count). The monoisotopic (exact) mass is 923 g/mol. The van der Waals surface area contributed by atoms with Crippen LogP contribution in [0.25, 0.3) is 0 Å². The number of unbranched alkanes of at least 4 members (excludes halogenated alkanes) is 2. The van der Waals surface area contributed by atoms with E-state index in [2.05, 4.69) is 39.4 Å². The Bertz CT molecular complexity index is 2130. The van der Waals surface area contributed by atoms with Crippen LogP contribution in [0.5, 0.6) is 5.75 Å². The number of hydrogen-bond acceptors (Lipinski definition) is 11. The van der Waals surface area contributed by atoms with E-state index in [-0.39, 0.29) is 23.7 Å². The minimum Gasteiger partial charge on any atom is -0.483 e. The van der Waals surface area contributed by atoms with Crippen molar-refractivity contribution >= 4 is 56.9 Å². The molecule has 0 spiro atoms. The number of ether oxygens (including phenoxy) is 3. The number of esters is 1. The molecule has 0 radical (unpaired) electrons. The summed E-state index contributed by atoms with van der Waals surface area (Å²) in [6, 6.07) is 18.0. The number of para-hydroxylation sites is 1. The molecular formula is C48H69N5O9S2. The Balaban J connectivity index is 1.60. The Morgan fingerprint density at radius 1 is 0.812 bits per heavy atom. The molecule has 352 valence electrons. The molecule has 64 heavy (non-hydrogen) atoms. The maximum absolute atomic E-state index is 14.5. The smallest absolute Gasteiger partial charge is 0.331 e. The van der Waals surface area contributed by atoms with E-state index in [1.807, 2.05) is 57.4 Å². The molecule has 0 aliphatic carbocycles. The molecule has 14 nitrogen and oxygen atoms in total. The average molecular weight is 924 g/mol. The van der Waals surface area contributed by atoms with Crippen molar-refractivity contribution in [3.8, 4) is 5.75 Å². The van der Waals surface area contributed by atoms with Crippen molar-refractivity contribution in [2.24, 2.45) is 0 Å². The topological polar surface area (TPSA) is 181 Å². The van der Waals surface area contributed by atoms with Crippen LogP contribution < -0.4 is 30.3 Å². The summed E-state index contributed by atoms with van der Waals surface area (Å²) < 4.78 is 49.6. The third kappa shape index (κ3) is 15.0. The molecule has 3 aromatic rings. The second-order valence-corrected chi connectivity index (χ2v) is 20.7. The molecule has 0 saturated heterocycles. The zero-order chi connectivity index (χ0) is 47.3. The van der Waals surface area contributed by atoms with Crippen LogP contribution >= 0.6 is 11.8 Å². The van der Waals surface area contributed by atoms with E-state index in [1.165, 1.54) is 17.8 Å². The number of fused-ring (bicyclic) bond motifs is 1. The van der Waals surface area contributed by atoms with Crippen LogP contribution in [0, 0.1) is 0 Å². The molecule has 3 aromatic carbocycles. The Kier molecular flexibility index (Phi) is 18.7. The fourth-order valence-electron chi connectivity index (χ4n) is 7.29. The molecule has 4 N–H and O–H groups in total. The van der Waals surface area contributed by atoms with E-state index in [1.54, 1.807) is 64.1 Å². The molecule has 0 fully saturated rings. The largest absolute Gasteiger partial charge is 0.483 e. The van der Waals surface area contributed by atoms with Crippen LogP contribution in [0.4, 0.5) is 11.4 Å². The number of carbonyl (C=O) groups excluding carboxylic acids is 4. The van der Waals surface area contributed by atoms with Gasteiger partial charge in [0, 0.05) is 18.3 Å². The SMILES string of the molecule is CCCCC1(CCCC)CN(c2ccccc2)c2cc(SC)c(OCC(=O)N[C@@H](C(=O)N[C@@H](CC)C(=O)N[C@@H](COC(C)(C)C)C(=O)OC(C)(C)C)c3ccccc3)cc2S(=O)(=O)N1. The number of hydrogen-bond donors (Lipinski definition) is 4. The first-order valence-corrected chi connectivity index (χ1v) is 24.9. The van der Waals surface area contributed by atoms with E-state index >= 15 is 0 Å². The third-order valence-corrected chi connectivity index (χ3v) is 12.9. The molecule has 0 saturated carbocycles. The van der Waals surface area contributed by atoms with Gasteiger partial charge in [-0.05, 0) is 90.8 Å². The molecule has 0 aromatic heterocycles. The Labute approximate surface area is 384 Å². The summed E-state index contributed by atoms with van der Waals surface area (Å²) in [7, 11) is -4.09. The summed E-state index contributed by atoms with van der Waals surface area (Å²) in [5.41, 5.74) is -0.372. The van der Waals surface area contributed by atoms with Gasteiger partial charge in [0.2, 0.25) is 21.8 Å². The predicted molar refractivity (Wildman–Crippen MR) is 252 cm³/mol. The summed E-state index contributed by atoms with van der Waals surface area (Å²) in [6.45, 7) is 16.2. The number of thioether (sulfide) groups is 1. The van der Waals surface area contributed by atoms with Crippen LogP contribution in [0.1, 0.15) is 119 Å². The first-order chi connectivity index (χ1) is 30.1. The van der Waals surface area contributed by atoms with E-state index in [4.69, 9.17) is 14.2 Å². The summed E-state index contributed by atoms with van der Waals surface area (Å²) in [5, 5.41) is 8.18. The summed E-state index contributed by atoms with van der Waals surface area (Å²) in [4.78, 5) is 57.3. The van der Waals surface area contributed by atoms with Crippen molar-refractivity contribution in [1.29, 1.82) is 0 Å². The molecule has 0 bridgehead atoms. The van der Waals surface area contributed by atoms with Crippen LogP contribution in [-0.2, 0) is 38.7 Å². The van der Waals surface area contributed by atoms with Gasteiger partial charge in [-0.15, -0.1) is 11.8 Å². The Morgan fingerprint density at radius 3 is 1.95 bits per heavy atom. The first kappa shape index (κ1) is 52.0. The van der Waals surface area contributed by atoms with Crippen LogP contribution in [-0.4, -0.2) is 86.9 Å². The number of anilines is 2. The van der Waals surface area contributed by atoms with Crippen molar-refractivity contribution in [3.05, 3.63) is 78.4 Å². The lowest BCUT2D eigenvalue weighted by molar-refractivity contribution is -0.162. The van der Waals surface area contributed by atoms with Crippen LogP contribution in [0.2, 0.25) is 0 Å². The first-order valence-electron chi connectivity index (χ1n) is 22.2. The zero-order valence-corrected chi connectivity index (χ0v) is 40.8. The fraction of sp³-hybridized carbons (Fsp3) is 0.542. The van der Waals surface area contributed by atoms with E-state index < -0.39 is 75.2 Å². The van der Waals surface area contributed by atoms with Crippen LogP contribution in [0.15, 0.2) is 82.6 Å². The van der Waals surface area contributed by atoms with Gasteiger partial charge in [-0.25, -0.2) is 17.9 Å². The van der Waals surface area contributed by atoms with Gasteiger partial charge in [0.25, 0.3) is 5.91 Å². The molecule has 1 heterocycles. The highest BCUT2D eigenvalue weighted by molar-refractivity contribution is 7.98. The third-order valence-electron chi connectivity index (χ3n) is 10.5. The van der Waals surface area contributed by atoms with Gasteiger partial charge in [-0.3, -0.25) is 14.4 Å². The molecule has 0 unspecified atom stereocenters. The molecule has 1 aliphatic heterocycles. The molecule has 16 heteroatoms. The number of sulfonamides is 1. The lowest BCUT2D eigenvalue weighted by atomic mass is 9.87. The minimum absolute atomic E-state index is 0.0312. The zero-order valence-electron chi connectivity index (χ0n) is 39.2. The number of carbonyl (C=O) groups is 4. The Morgan fingerprint density at radius 2 is 1.41 bits per heavy atom. The van der Waals surface area contributed by atoms with Gasteiger partial charge in [-0.1, -0.05) is 95.0 Å². The average Bonchev–Trinajstić information content (AvgIpc) is 3.34. The van der Waals surface area contributed by atoms with Crippen molar-refractivity contribution in [1.82, 2.24) is 20.7 Å². The number of amides is 3. The van der Waals surface area contributed by atoms with Crippen molar-refractivity contribution in [2.45, 2.75) is 152 Å². The van der Waals surface area contributed by atoms with Crippen LogP contribution in [0.3, 0.4) is 0 Å². The van der Waals surface area contributed by atoms with E-state index in [9.17, 15) is 27.6 Å². The van der Waals surface area contributed by atoms with Gasteiger partial charge in [0.1, 0.15) is 28.3 Å². The van der Waals surface area contributed by atoms with Gasteiger partial charge >= 0.3 is 5.97 Å². The standard InChI is InChI=1S/C48H69N5O9S2/c1-11-14-26-48(27-15-12-2)32-53(34-24-20-17-21-25-34)37-28-39(63-10)38(29-40(37)64(58,59)52-48)60-31-41(54)51-42(33-22-18-16-19-23-33)44(56)49-35(13-3)43(55)50-36(30-61-46(4,5)6)45(57)62-47(7,8)9/h16-25,28-29,35-36,42,52H,11-15,26-27,30-32H2,1-10H3,(H,49,56)(H,50,55)(H,51,54)/t35-,36-,42+/m0/s1. The lowest BCUT2D eigenvalue weighted by Crippen LogP contribution is -2.55. The second kappa shape index (κ2) is 23.0. The highest BCUT2D eigenvalue weighted by atomic mass is 32.2. The van der Waals surface area contributed by atoms with Gasteiger partial charge < -0.3 is 35.1 Å². The molecule has 1 aliphatic rings. The van der Waals surface area contributed by atoms with E-state index in [0.717, 1.165) is 31.4 Å². The number of benzene rings is 3. The highest BCUT2D eigenvalue weighted by Crippen LogP contribution is 2.44. The number of nitrogens with zero attached hydrogens (tertiary/aromatic N) is 1. The van der Waals surface area contributed by atoms with E-state index in [0.29, 0.717) is 35.5 Å². The minimum atomic E-state index is -4.09. The molecule has 3 amide bonds.